The Kier molecular flexibility index (Phi) is 3.03. The molecule has 0 atom stereocenters. The summed E-state index contributed by atoms with van der Waals surface area (Å²) in [7, 11) is 1.59. The van der Waals surface area contributed by atoms with Gasteiger partial charge in [-0.2, -0.15) is 0 Å². The van der Waals surface area contributed by atoms with Crippen LogP contribution < -0.4 is 0 Å². The van der Waals surface area contributed by atoms with Gasteiger partial charge in [-0.15, -0.1) is 0 Å². The van der Waals surface area contributed by atoms with Gasteiger partial charge < -0.3 is 9.84 Å². The van der Waals surface area contributed by atoms with Gasteiger partial charge in [0.05, 0.1) is 18.9 Å². The Labute approximate surface area is 84.2 Å². The largest absolute Gasteiger partial charge is 0.504 e. The number of hydrogen-bond donors (Lipinski definition) is 1. The summed E-state index contributed by atoms with van der Waals surface area (Å²) in [5.41, 5.74) is 0.591. The first-order valence-corrected chi connectivity index (χ1v) is 4.73. The Hall–Kier alpha value is -1.19. The van der Waals surface area contributed by atoms with Crippen molar-refractivity contribution in [3.63, 3.8) is 0 Å². The van der Waals surface area contributed by atoms with Gasteiger partial charge in [0.15, 0.2) is 0 Å². The maximum absolute atomic E-state index is 11.0. The number of carboxylic acid groups (broad SMARTS) is 1. The number of hydrogen-bond acceptors (Lipinski definition) is 2. The fraction of sp³-hybridized carbons (Fsp3) is 0.700. The van der Waals surface area contributed by atoms with Crippen molar-refractivity contribution in [3.8, 4) is 0 Å². The van der Waals surface area contributed by atoms with E-state index in [1.54, 1.807) is 13.4 Å². The molecule has 4 heteroatoms. The van der Waals surface area contributed by atoms with Crippen LogP contribution in [-0.2, 0) is 4.74 Å². The third kappa shape index (κ3) is 1.84. The van der Waals surface area contributed by atoms with Crippen molar-refractivity contribution in [3.05, 3.63) is 11.8 Å². The summed E-state index contributed by atoms with van der Waals surface area (Å²) in [4.78, 5) is 12.4. The summed E-state index contributed by atoms with van der Waals surface area (Å²) in [6.45, 7) is 4.42. The van der Waals surface area contributed by atoms with E-state index in [-0.39, 0.29) is 0 Å². The zero-order valence-corrected chi connectivity index (χ0v) is 8.91. The SMILES string of the molecule is COC=C1CCCN(C(=O)O)C1(C)C. The second kappa shape index (κ2) is 3.90. The van der Waals surface area contributed by atoms with Crippen LogP contribution in [0.15, 0.2) is 11.8 Å². The van der Waals surface area contributed by atoms with Crippen LogP contribution in [0.25, 0.3) is 0 Å². The number of piperidine rings is 1. The van der Waals surface area contributed by atoms with E-state index in [0.29, 0.717) is 6.54 Å². The Balaban J connectivity index is 2.92. The Morgan fingerprint density at radius 3 is 2.79 bits per heavy atom. The molecule has 4 nitrogen and oxygen atoms in total. The molecule has 0 aromatic heterocycles. The van der Waals surface area contributed by atoms with Crippen LogP contribution in [-0.4, -0.2) is 35.3 Å². The predicted octanol–water partition coefficient (Wildman–Crippen LogP) is 2.07. The summed E-state index contributed by atoms with van der Waals surface area (Å²) in [6.07, 6.45) is 2.57. The molecule has 0 aromatic carbocycles. The van der Waals surface area contributed by atoms with E-state index in [1.807, 2.05) is 13.8 Å². The number of ether oxygens (including phenoxy) is 1. The van der Waals surface area contributed by atoms with Crippen molar-refractivity contribution in [2.24, 2.45) is 0 Å². The lowest BCUT2D eigenvalue weighted by molar-refractivity contribution is 0.0919. The molecule has 1 rings (SSSR count). The first-order chi connectivity index (χ1) is 6.50. The minimum atomic E-state index is -0.864. The lowest BCUT2D eigenvalue weighted by atomic mass is 9.86. The summed E-state index contributed by atoms with van der Waals surface area (Å²) < 4.78 is 4.96. The highest BCUT2D eigenvalue weighted by molar-refractivity contribution is 5.67. The van der Waals surface area contributed by atoms with Gasteiger partial charge >= 0.3 is 6.09 Å². The van der Waals surface area contributed by atoms with Gasteiger partial charge in [0.25, 0.3) is 0 Å². The van der Waals surface area contributed by atoms with Crippen molar-refractivity contribution in [2.75, 3.05) is 13.7 Å². The van der Waals surface area contributed by atoms with Gasteiger partial charge in [0.2, 0.25) is 0 Å². The second-order valence-corrected chi connectivity index (χ2v) is 3.98. The highest BCUT2D eigenvalue weighted by Gasteiger charge is 2.37. The molecule has 1 aliphatic rings. The fourth-order valence-corrected chi connectivity index (χ4v) is 1.87. The smallest absolute Gasteiger partial charge is 0.407 e. The first kappa shape index (κ1) is 10.9. The molecule has 1 saturated heterocycles. The molecule has 80 valence electrons. The first-order valence-electron chi connectivity index (χ1n) is 4.73. The third-order valence-electron chi connectivity index (χ3n) is 2.78. The Morgan fingerprint density at radius 1 is 1.64 bits per heavy atom. The molecular weight excluding hydrogens is 182 g/mol. The molecule has 1 N–H and O–H groups in total. The Bertz CT molecular complexity index is 258. The van der Waals surface area contributed by atoms with Gasteiger partial charge in [0, 0.05) is 6.54 Å². The van der Waals surface area contributed by atoms with Crippen molar-refractivity contribution < 1.29 is 14.6 Å². The zero-order valence-electron chi connectivity index (χ0n) is 8.91. The molecule has 0 saturated carbocycles. The number of nitrogens with zero attached hydrogens (tertiary/aromatic N) is 1. The normalized spacial score (nSPS) is 23.6. The molecule has 0 unspecified atom stereocenters. The molecule has 1 aliphatic heterocycles. The third-order valence-corrected chi connectivity index (χ3v) is 2.78. The predicted molar refractivity (Wildman–Crippen MR) is 53.1 cm³/mol. The average Bonchev–Trinajstić information content (AvgIpc) is 2.07. The number of methoxy groups -OCH3 is 1. The molecule has 1 fully saturated rings. The summed E-state index contributed by atoms with van der Waals surface area (Å²) in [5, 5.41) is 9.02. The molecular formula is C10H17NO3. The fourth-order valence-electron chi connectivity index (χ4n) is 1.87. The van der Waals surface area contributed by atoms with Crippen LogP contribution in [0.1, 0.15) is 26.7 Å². The number of amides is 1. The van der Waals surface area contributed by atoms with E-state index < -0.39 is 11.6 Å². The van der Waals surface area contributed by atoms with E-state index in [9.17, 15) is 4.79 Å². The molecule has 0 radical (unpaired) electrons. The van der Waals surface area contributed by atoms with E-state index in [0.717, 1.165) is 18.4 Å². The highest BCUT2D eigenvalue weighted by Crippen LogP contribution is 2.32. The van der Waals surface area contributed by atoms with Gasteiger partial charge in [-0.3, -0.25) is 4.90 Å². The van der Waals surface area contributed by atoms with Crippen LogP contribution in [0.2, 0.25) is 0 Å². The van der Waals surface area contributed by atoms with Crippen LogP contribution in [0.3, 0.4) is 0 Å². The van der Waals surface area contributed by atoms with Crippen molar-refractivity contribution in [2.45, 2.75) is 32.2 Å². The van der Waals surface area contributed by atoms with E-state index >= 15 is 0 Å². The molecule has 1 heterocycles. The molecule has 0 spiro atoms. The highest BCUT2D eigenvalue weighted by atomic mass is 16.5. The van der Waals surface area contributed by atoms with Crippen molar-refractivity contribution >= 4 is 6.09 Å². The standard InChI is InChI=1S/C10H17NO3/c1-10(2)8(7-14-3)5-4-6-11(10)9(12)13/h7H,4-6H2,1-3H3,(H,12,13). The lowest BCUT2D eigenvalue weighted by Gasteiger charge is -2.42. The topological polar surface area (TPSA) is 49.8 Å². The van der Waals surface area contributed by atoms with Gasteiger partial charge in [-0.25, -0.2) is 4.79 Å². The van der Waals surface area contributed by atoms with Gasteiger partial charge in [0.1, 0.15) is 0 Å². The zero-order chi connectivity index (χ0) is 10.8. The molecule has 0 aromatic rings. The quantitative estimate of drug-likeness (QED) is 0.658. The monoisotopic (exact) mass is 199 g/mol. The molecule has 0 bridgehead atoms. The van der Waals surface area contributed by atoms with Gasteiger partial charge in [-0.1, -0.05) is 0 Å². The van der Waals surface area contributed by atoms with Crippen LogP contribution in [0.4, 0.5) is 4.79 Å². The summed E-state index contributed by atoms with van der Waals surface area (Å²) in [6, 6.07) is 0. The molecule has 14 heavy (non-hydrogen) atoms. The van der Waals surface area contributed by atoms with E-state index in [1.165, 1.54) is 4.90 Å². The van der Waals surface area contributed by atoms with Crippen molar-refractivity contribution in [1.82, 2.24) is 4.90 Å². The maximum atomic E-state index is 11.0. The summed E-state index contributed by atoms with van der Waals surface area (Å²) >= 11 is 0. The number of likely N-dealkylation sites (tertiary alicyclic amines) is 1. The summed E-state index contributed by atoms with van der Waals surface area (Å²) in [5.74, 6) is 0. The van der Waals surface area contributed by atoms with E-state index in [2.05, 4.69) is 0 Å². The average molecular weight is 199 g/mol. The molecule has 0 aliphatic carbocycles. The van der Waals surface area contributed by atoms with Crippen molar-refractivity contribution in [1.29, 1.82) is 0 Å². The lowest BCUT2D eigenvalue weighted by Crippen LogP contribution is -2.51. The second-order valence-electron chi connectivity index (χ2n) is 3.98. The maximum Gasteiger partial charge on any atom is 0.407 e. The van der Waals surface area contributed by atoms with Crippen LogP contribution in [0.5, 0.6) is 0 Å². The minimum Gasteiger partial charge on any atom is -0.504 e. The molecule has 1 amide bonds. The van der Waals surface area contributed by atoms with Crippen LogP contribution in [0, 0.1) is 0 Å². The van der Waals surface area contributed by atoms with Gasteiger partial charge in [-0.05, 0) is 32.3 Å². The number of rotatable bonds is 1. The van der Waals surface area contributed by atoms with E-state index in [4.69, 9.17) is 9.84 Å². The van der Waals surface area contributed by atoms with Crippen LogP contribution >= 0.6 is 0 Å². The minimum absolute atomic E-state index is 0.444. The Morgan fingerprint density at radius 2 is 2.29 bits per heavy atom. The number of carbonyl (C=O) groups is 1.